The highest BCUT2D eigenvalue weighted by Gasteiger charge is 2.14. The lowest BCUT2D eigenvalue weighted by Gasteiger charge is -2.26. The molecule has 7 aromatic carbocycles. The van der Waals surface area contributed by atoms with Crippen molar-refractivity contribution >= 4 is 59.3 Å². The Balaban J connectivity index is 1.20. The first-order valence-electron chi connectivity index (χ1n) is 14.3. The number of hydrogen-bond donors (Lipinski definition) is 0. The highest BCUT2D eigenvalue weighted by molar-refractivity contribution is 7.26. The third kappa shape index (κ3) is 4.34. The molecule has 1 aromatic heterocycles. The summed E-state index contributed by atoms with van der Waals surface area (Å²) >= 11 is 1.89. The minimum Gasteiger partial charge on any atom is -0.310 e. The number of benzene rings is 7. The van der Waals surface area contributed by atoms with Crippen LogP contribution in [0, 0.1) is 0 Å². The fraction of sp³-hybridized carbons (Fsp3) is 0. The van der Waals surface area contributed by atoms with Crippen molar-refractivity contribution in [2.24, 2.45) is 0 Å². The van der Waals surface area contributed by atoms with E-state index in [9.17, 15) is 0 Å². The lowest BCUT2D eigenvalue weighted by molar-refractivity contribution is 1.28. The first kappa shape index (κ1) is 24.6. The molecule has 42 heavy (non-hydrogen) atoms. The molecule has 0 amide bonds. The fourth-order valence-corrected chi connectivity index (χ4v) is 7.21. The van der Waals surface area contributed by atoms with E-state index in [2.05, 4.69) is 169 Å². The van der Waals surface area contributed by atoms with Gasteiger partial charge in [0, 0.05) is 37.2 Å². The minimum atomic E-state index is 1.13. The van der Waals surface area contributed by atoms with E-state index in [1.54, 1.807) is 0 Å². The molecule has 0 aliphatic carbocycles. The van der Waals surface area contributed by atoms with E-state index in [1.807, 2.05) is 11.3 Å². The lowest BCUT2D eigenvalue weighted by atomic mass is 9.97. The Hall–Kier alpha value is -5.18. The summed E-state index contributed by atoms with van der Waals surface area (Å²) in [7, 11) is 0. The molecule has 0 unspecified atom stereocenters. The van der Waals surface area contributed by atoms with Gasteiger partial charge in [0.15, 0.2) is 0 Å². The predicted octanol–water partition coefficient (Wildman–Crippen LogP) is 12.0. The molecule has 0 saturated heterocycles. The van der Waals surface area contributed by atoms with Crippen molar-refractivity contribution in [2.75, 3.05) is 4.90 Å². The summed E-state index contributed by atoms with van der Waals surface area (Å²) in [5, 5.41) is 5.29. The topological polar surface area (TPSA) is 3.24 Å². The maximum atomic E-state index is 2.37. The second kappa shape index (κ2) is 10.3. The van der Waals surface area contributed by atoms with Crippen LogP contribution in [0.5, 0.6) is 0 Å². The standard InChI is InChI=1S/C40H27NS/c1-3-15-33(16-4-1)41(34-17-5-2-6-18-34)35-19-10-14-31(26-35)29-12-9-13-30(25-29)32-22-24-39-38(27-32)37-23-21-28-11-7-8-20-36(28)40(37)42-39/h1-27H. The molecule has 8 rings (SSSR count). The maximum Gasteiger partial charge on any atom is 0.0467 e. The third-order valence-electron chi connectivity index (χ3n) is 8.02. The van der Waals surface area contributed by atoms with E-state index in [1.165, 1.54) is 53.2 Å². The lowest BCUT2D eigenvalue weighted by Crippen LogP contribution is -2.09. The smallest absolute Gasteiger partial charge is 0.0467 e. The second-order valence-corrected chi connectivity index (χ2v) is 11.7. The summed E-state index contributed by atoms with van der Waals surface area (Å²) in [6.45, 7) is 0. The number of fused-ring (bicyclic) bond motifs is 5. The number of thiophene rings is 1. The molecule has 0 radical (unpaired) electrons. The van der Waals surface area contributed by atoms with Crippen molar-refractivity contribution < 1.29 is 0 Å². The van der Waals surface area contributed by atoms with Crippen molar-refractivity contribution in [2.45, 2.75) is 0 Å². The average Bonchev–Trinajstić information content (AvgIpc) is 3.45. The second-order valence-electron chi connectivity index (χ2n) is 10.6. The monoisotopic (exact) mass is 553 g/mol. The molecule has 0 fully saturated rings. The number of rotatable bonds is 5. The third-order valence-corrected chi connectivity index (χ3v) is 9.24. The Morgan fingerprint density at radius 2 is 0.952 bits per heavy atom. The van der Waals surface area contributed by atoms with Crippen LogP contribution in [0.1, 0.15) is 0 Å². The van der Waals surface area contributed by atoms with Crippen LogP contribution in [0.4, 0.5) is 17.1 Å². The van der Waals surface area contributed by atoms with E-state index in [-0.39, 0.29) is 0 Å². The van der Waals surface area contributed by atoms with Gasteiger partial charge in [0.1, 0.15) is 0 Å². The fourth-order valence-electron chi connectivity index (χ4n) is 5.99. The molecule has 0 aliphatic rings. The first-order chi connectivity index (χ1) is 20.8. The Kier molecular flexibility index (Phi) is 6.05. The average molecular weight is 554 g/mol. The molecule has 1 nitrogen and oxygen atoms in total. The Morgan fingerprint density at radius 3 is 1.69 bits per heavy atom. The van der Waals surface area contributed by atoms with Gasteiger partial charge in [0.25, 0.3) is 0 Å². The van der Waals surface area contributed by atoms with Crippen LogP contribution < -0.4 is 4.90 Å². The van der Waals surface area contributed by atoms with Gasteiger partial charge in [-0.25, -0.2) is 0 Å². The summed E-state index contributed by atoms with van der Waals surface area (Å²) < 4.78 is 2.70. The van der Waals surface area contributed by atoms with Crippen LogP contribution in [-0.4, -0.2) is 0 Å². The quantitative estimate of drug-likeness (QED) is 0.205. The van der Waals surface area contributed by atoms with Gasteiger partial charge in [-0.3, -0.25) is 0 Å². The Labute approximate surface area is 249 Å². The van der Waals surface area contributed by atoms with Crippen LogP contribution in [0.3, 0.4) is 0 Å². The number of hydrogen-bond acceptors (Lipinski definition) is 2. The summed E-state index contributed by atoms with van der Waals surface area (Å²) in [4.78, 5) is 2.31. The van der Waals surface area contributed by atoms with Gasteiger partial charge in [0.2, 0.25) is 0 Å². The van der Waals surface area contributed by atoms with Crippen LogP contribution in [-0.2, 0) is 0 Å². The van der Waals surface area contributed by atoms with Crippen LogP contribution in [0.25, 0.3) is 53.2 Å². The van der Waals surface area contributed by atoms with Crippen LogP contribution in [0.15, 0.2) is 164 Å². The molecule has 0 saturated carbocycles. The molecule has 0 spiro atoms. The molecule has 0 aliphatic heterocycles. The summed E-state index contributed by atoms with van der Waals surface area (Å²) in [5.41, 5.74) is 8.27. The van der Waals surface area contributed by atoms with Gasteiger partial charge in [-0.15, -0.1) is 11.3 Å². The number of nitrogens with zero attached hydrogens (tertiary/aromatic N) is 1. The Morgan fingerprint density at radius 1 is 0.357 bits per heavy atom. The predicted molar refractivity (Wildman–Crippen MR) is 182 cm³/mol. The largest absolute Gasteiger partial charge is 0.310 e. The van der Waals surface area contributed by atoms with Crippen molar-refractivity contribution in [1.82, 2.24) is 0 Å². The summed E-state index contributed by atoms with van der Waals surface area (Å²) in [5.74, 6) is 0. The van der Waals surface area contributed by atoms with E-state index < -0.39 is 0 Å². The number of para-hydroxylation sites is 2. The van der Waals surface area contributed by atoms with Crippen molar-refractivity contribution in [3.8, 4) is 22.3 Å². The molecular formula is C40H27NS. The summed E-state index contributed by atoms with van der Waals surface area (Å²) in [6.07, 6.45) is 0. The molecule has 8 aromatic rings. The van der Waals surface area contributed by atoms with E-state index >= 15 is 0 Å². The van der Waals surface area contributed by atoms with E-state index in [0.29, 0.717) is 0 Å². The molecular weight excluding hydrogens is 527 g/mol. The van der Waals surface area contributed by atoms with Crippen molar-refractivity contribution in [3.63, 3.8) is 0 Å². The van der Waals surface area contributed by atoms with E-state index in [4.69, 9.17) is 0 Å². The van der Waals surface area contributed by atoms with Crippen LogP contribution in [0.2, 0.25) is 0 Å². The zero-order valence-electron chi connectivity index (χ0n) is 22.9. The van der Waals surface area contributed by atoms with Crippen LogP contribution >= 0.6 is 11.3 Å². The highest BCUT2D eigenvalue weighted by Crippen LogP contribution is 2.41. The number of anilines is 3. The van der Waals surface area contributed by atoms with Gasteiger partial charge in [-0.05, 0) is 87.6 Å². The van der Waals surface area contributed by atoms with E-state index in [0.717, 1.165) is 17.1 Å². The SMILES string of the molecule is c1ccc(N(c2ccccc2)c2cccc(-c3cccc(-c4ccc5sc6c7ccccc7ccc6c5c4)c3)c2)cc1. The Bertz CT molecular complexity index is 2160. The molecule has 0 atom stereocenters. The van der Waals surface area contributed by atoms with Gasteiger partial charge >= 0.3 is 0 Å². The molecule has 0 N–H and O–H groups in total. The highest BCUT2D eigenvalue weighted by atomic mass is 32.1. The zero-order valence-corrected chi connectivity index (χ0v) is 23.8. The normalized spacial score (nSPS) is 11.3. The summed E-state index contributed by atoms with van der Waals surface area (Å²) in [6, 6.07) is 59.0. The van der Waals surface area contributed by atoms with Gasteiger partial charge in [-0.2, -0.15) is 0 Å². The molecule has 1 heterocycles. The molecule has 198 valence electrons. The minimum absolute atomic E-state index is 1.13. The molecule has 0 bridgehead atoms. The van der Waals surface area contributed by atoms with Crippen molar-refractivity contribution in [1.29, 1.82) is 0 Å². The van der Waals surface area contributed by atoms with Crippen molar-refractivity contribution in [3.05, 3.63) is 164 Å². The van der Waals surface area contributed by atoms with Gasteiger partial charge < -0.3 is 4.90 Å². The first-order valence-corrected chi connectivity index (χ1v) is 15.1. The maximum absolute atomic E-state index is 2.37. The zero-order chi connectivity index (χ0) is 27.9. The van der Waals surface area contributed by atoms with Gasteiger partial charge in [0.05, 0.1) is 0 Å². The molecule has 2 heteroatoms. The van der Waals surface area contributed by atoms with Gasteiger partial charge in [-0.1, -0.05) is 109 Å².